The zero-order valence-electron chi connectivity index (χ0n) is 16.1. The van der Waals surface area contributed by atoms with Gasteiger partial charge in [0.15, 0.2) is 5.65 Å². The molecule has 0 atom stereocenters. The largest absolute Gasteiger partial charge is 0.496 e. The van der Waals surface area contributed by atoms with Gasteiger partial charge in [0.25, 0.3) is 5.91 Å². The maximum Gasteiger partial charge on any atom is 0.258 e. The molecule has 0 unspecified atom stereocenters. The van der Waals surface area contributed by atoms with E-state index in [9.17, 15) is 4.79 Å². The van der Waals surface area contributed by atoms with Gasteiger partial charge >= 0.3 is 0 Å². The minimum Gasteiger partial charge on any atom is -0.496 e. The lowest BCUT2D eigenvalue weighted by molar-refractivity contribution is 0.0641. The van der Waals surface area contributed by atoms with Crippen LogP contribution < -0.4 is 10.5 Å². The fraction of sp³-hybridized carbons (Fsp3) is 0.368. The van der Waals surface area contributed by atoms with Crippen molar-refractivity contribution < 1.29 is 9.53 Å². The molecular weight excluding hydrogens is 344 g/mol. The first kappa shape index (κ1) is 18.6. The number of nitrogens with one attached hydrogen (secondary N) is 1. The summed E-state index contributed by atoms with van der Waals surface area (Å²) in [6.45, 7) is 7.96. The van der Waals surface area contributed by atoms with Crippen molar-refractivity contribution in [1.82, 2.24) is 25.1 Å². The molecule has 0 saturated heterocycles. The average molecular weight is 368 g/mol. The number of methoxy groups -OCH3 is 1. The van der Waals surface area contributed by atoms with E-state index in [0.29, 0.717) is 39.4 Å². The third-order valence-electron chi connectivity index (χ3n) is 4.46. The Labute approximate surface area is 157 Å². The lowest BCUT2D eigenvalue weighted by Crippen LogP contribution is -2.42. The fourth-order valence-electron chi connectivity index (χ4n) is 3.40. The number of hydrogen-bond acceptors (Lipinski definition) is 6. The Bertz CT molecular complexity index is 971. The molecule has 8 nitrogen and oxygen atoms in total. The Kier molecular flexibility index (Phi) is 4.98. The minimum absolute atomic E-state index is 0.0298. The van der Waals surface area contributed by atoms with Gasteiger partial charge in [0, 0.05) is 17.6 Å². The number of amides is 1. The molecule has 0 saturated carbocycles. The van der Waals surface area contributed by atoms with E-state index in [1.165, 1.54) is 6.33 Å². The van der Waals surface area contributed by atoms with E-state index < -0.39 is 0 Å². The summed E-state index contributed by atoms with van der Waals surface area (Å²) in [7, 11) is 1.55. The number of fused-ring (bicyclic) bond motifs is 1. The van der Waals surface area contributed by atoms with Crippen LogP contribution in [0.1, 0.15) is 38.1 Å². The van der Waals surface area contributed by atoms with Crippen molar-refractivity contribution >= 4 is 22.8 Å². The van der Waals surface area contributed by atoms with E-state index in [2.05, 4.69) is 20.2 Å². The molecule has 0 bridgehead atoms. The third-order valence-corrected chi connectivity index (χ3v) is 4.46. The van der Waals surface area contributed by atoms with Gasteiger partial charge < -0.3 is 15.4 Å². The van der Waals surface area contributed by atoms with Crippen LogP contribution in [0.5, 0.6) is 5.75 Å². The second-order valence-electron chi connectivity index (χ2n) is 6.84. The zero-order chi connectivity index (χ0) is 19.7. The van der Waals surface area contributed by atoms with Crippen LogP contribution in [-0.2, 0) is 0 Å². The van der Waals surface area contributed by atoms with Crippen LogP contribution in [0.3, 0.4) is 0 Å². The molecule has 0 fully saturated rings. The third kappa shape index (κ3) is 3.18. The van der Waals surface area contributed by atoms with Crippen LogP contribution in [0.25, 0.3) is 22.3 Å². The number of benzene rings is 1. The summed E-state index contributed by atoms with van der Waals surface area (Å²) in [4.78, 5) is 23.5. The van der Waals surface area contributed by atoms with E-state index in [-0.39, 0.29) is 18.0 Å². The summed E-state index contributed by atoms with van der Waals surface area (Å²) in [6.07, 6.45) is 1.36. The predicted molar refractivity (Wildman–Crippen MR) is 105 cm³/mol. The standard InChI is InChI=1S/C19H24N6O2/c1-10(2)25(11(3)4)19(26)14-12(7-6-8-13(14)27-5)16-15-17(20)21-9-22-18(15)24-23-16/h6-11H,1-5H3,(H3,20,21,22,23,24). The summed E-state index contributed by atoms with van der Waals surface area (Å²) < 4.78 is 5.51. The predicted octanol–water partition coefficient (Wildman–Crippen LogP) is 2.87. The summed E-state index contributed by atoms with van der Waals surface area (Å²) in [5.41, 5.74) is 8.20. The number of carbonyl (C=O) groups is 1. The average Bonchev–Trinajstić information content (AvgIpc) is 3.05. The molecule has 1 amide bonds. The van der Waals surface area contributed by atoms with Gasteiger partial charge in [0.1, 0.15) is 17.9 Å². The maximum atomic E-state index is 13.5. The highest BCUT2D eigenvalue weighted by atomic mass is 16.5. The van der Waals surface area contributed by atoms with E-state index in [0.717, 1.165) is 0 Å². The van der Waals surface area contributed by atoms with Crippen LogP contribution in [0, 0.1) is 0 Å². The van der Waals surface area contributed by atoms with Crippen molar-refractivity contribution in [2.24, 2.45) is 0 Å². The lowest BCUT2D eigenvalue weighted by atomic mass is 9.99. The van der Waals surface area contributed by atoms with E-state index in [1.54, 1.807) is 13.2 Å². The summed E-state index contributed by atoms with van der Waals surface area (Å²) in [5, 5.41) is 7.74. The molecule has 27 heavy (non-hydrogen) atoms. The van der Waals surface area contributed by atoms with E-state index >= 15 is 0 Å². The number of nitrogen functional groups attached to an aromatic ring is 1. The Morgan fingerprint density at radius 1 is 1.19 bits per heavy atom. The van der Waals surface area contributed by atoms with Gasteiger partial charge in [-0.3, -0.25) is 9.89 Å². The van der Waals surface area contributed by atoms with Crippen molar-refractivity contribution in [3.63, 3.8) is 0 Å². The fourth-order valence-corrected chi connectivity index (χ4v) is 3.40. The van der Waals surface area contributed by atoms with E-state index in [4.69, 9.17) is 10.5 Å². The lowest BCUT2D eigenvalue weighted by Gasteiger charge is -2.32. The van der Waals surface area contributed by atoms with Crippen molar-refractivity contribution in [3.05, 3.63) is 30.1 Å². The first-order valence-corrected chi connectivity index (χ1v) is 8.81. The smallest absolute Gasteiger partial charge is 0.258 e. The highest BCUT2D eigenvalue weighted by Gasteiger charge is 2.28. The monoisotopic (exact) mass is 368 g/mol. The summed E-state index contributed by atoms with van der Waals surface area (Å²) in [5.74, 6) is 0.669. The van der Waals surface area contributed by atoms with Gasteiger partial charge in [-0.15, -0.1) is 0 Å². The van der Waals surface area contributed by atoms with Crippen molar-refractivity contribution in [2.75, 3.05) is 12.8 Å². The van der Waals surface area contributed by atoms with Crippen LogP contribution in [0.15, 0.2) is 24.5 Å². The van der Waals surface area contributed by atoms with Gasteiger partial charge in [-0.05, 0) is 33.8 Å². The van der Waals surface area contributed by atoms with Crippen LogP contribution in [0.2, 0.25) is 0 Å². The molecule has 0 radical (unpaired) electrons. The van der Waals surface area contributed by atoms with E-state index in [1.807, 2.05) is 44.7 Å². The van der Waals surface area contributed by atoms with Crippen LogP contribution in [-0.4, -0.2) is 50.2 Å². The molecule has 3 rings (SSSR count). The zero-order valence-corrected chi connectivity index (χ0v) is 16.1. The molecule has 0 aliphatic rings. The van der Waals surface area contributed by atoms with Gasteiger partial charge in [-0.2, -0.15) is 5.10 Å². The number of hydrogen-bond donors (Lipinski definition) is 2. The summed E-state index contributed by atoms with van der Waals surface area (Å²) in [6, 6.07) is 5.50. The maximum absolute atomic E-state index is 13.5. The molecule has 3 N–H and O–H groups in total. The second-order valence-corrected chi connectivity index (χ2v) is 6.84. The Morgan fingerprint density at radius 2 is 1.89 bits per heavy atom. The topological polar surface area (TPSA) is 110 Å². The number of rotatable bonds is 5. The van der Waals surface area contributed by atoms with Gasteiger partial charge in [0.2, 0.25) is 0 Å². The van der Waals surface area contributed by atoms with Crippen molar-refractivity contribution in [1.29, 1.82) is 0 Å². The molecule has 0 spiro atoms. The second kappa shape index (κ2) is 7.22. The van der Waals surface area contributed by atoms with Crippen molar-refractivity contribution in [2.45, 2.75) is 39.8 Å². The first-order valence-electron chi connectivity index (χ1n) is 8.81. The molecule has 2 aromatic heterocycles. The molecule has 0 aliphatic heterocycles. The van der Waals surface area contributed by atoms with Gasteiger partial charge in [0.05, 0.1) is 23.8 Å². The molecule has 3 aromatic rings. The number of ether oxygens (including phenoxy) is 1. The molecule has 0 aliphatic carbocycles. The Balaban J connectivity index is 2.28. The molecule has 142 valence electrons. The normalized spacial score (nSPS) is 11.4. The Hall–Kier alpha value is -3.16. The molecular formula is C19H24N6O2. The van der Waals surface area contributed by atoms with Crippen LogP contribution >= 0.6 is 0 Å². The first-order chi connectivity index (χ1) is 12.9. The van der Waals surface area contributed by atoms with Crippen molar-refractivity contribution in [3.8, 4) is 17.0 Å². The number of nitrogens with zero attached hydrogens (tertiary/aromatic N) is 4. The number of H-pyrrole nitrogens is 1. The molecule has 2 heterocycles. The van der Waals surface area contributed by atoms with Gasteiger partial charge in [-0.1, -0.05) is 12.1 Å². The minimum atomic E-state index is -0.120. The summed E-state index contributed by atoms with van der Waals surface area (Å²) >= 11 is 0. The number of aromatic nitrogens is 4. The number of aromatic amines is 1. The van der Waals surface area contributed by atoms with Gasteiger partial charge in [-0.25, -0.2) is 9.97 Å². The number of nitrogens with two attached hydrogens (primary N) is 1. The molecule has 8 heteroatoms. The number of anilines is 1. The quantitative estimate of drug-likeness (QED) is 0.716. The molecule has 1 aromatic carbocycles. The number of carbonyl (C=O) groups excluding carboxylic acids is 1. The Morgan fingerprint density at radius 3 is 2.52 bits per heavy atom. The SMILES string of the molecule is COc1cccc(-c2[nH]nc3ncnc(N)c23)c1C(=O)N(C(C)C)C(C)C. The van der Waals surface area contributed by atoms with Crippen LogP contribution in [0.4, 0.5) is 5.82 Å². The highest BCUT2D eigenvalue weighted by Crippen LogP contribution is 2.36. The highest BCUT2D eigenvalue weighted by molar-refractivity contribution is 6.08.